The molecule has 13 heteroatoms. The second kappa shape index (κ2) is 10.1. The fourth-order valence-electron chi connectivity index (χ4n) is 3.30. The number of carbonyl (C=O) groups excluding carboxylic acids is 2. The van der Waals surface area contributed by atoms with Crippen molar-refractivity contribution in [3.63, 3.8) is 0 Å². The maximum Gasteiger partial charge on any atom is 0.416 e. The molecule has 2 amide bonds. The van der Waals surface area contributed by atoms with Gasteiger partial charge in [0.25, 0.3) is 5.91 Å². The predicted octanol–water partition coefficient (Wildman–Crippen LogP) is 4.94. The van der Waals surface area contributed by atoms with Crippen LogP contribution in [0.2, 0.25) is 5.02 Å². The lowest BCUT2D eigenvalue weighted by atomic mass is 9.96. The zero-order valence-corrected chi connectivity index (χ0v) is 18.7. The van der Waals surface area contributed by atoms with Crippen LogP contribution in [0.3, 0.4) is 0 Å². The number of rotatable bonds is 6. The minimum Gasteiger partial charge on any atom is -0.387 e. The number of amides is 2. The van der Waals surface area contributed by atoms with Gasteiger partial charge in [-0.25, -0.2) is 0 Å². The molecule has 1 heterocycles. The minimum atomic E-state index is -4.57. The van der Waals surface area contributed by atoms with Crippen molar-refractivity contribution in [1.82, 2.24) is 10.6 Å². The zero-order valence-electron chi connectivity index (χ0n) is 18.0. The molecule has 0 radical (unpaired) electrons. The summed E-state index contributed by atoms with van der Waals surface area (Å²) >= 11 is 5.83. The molecule has 0 saturated heterocycles. The number of oxime groups is 1. The maximum atomic E-state index is 13.1. The summed E-state index contributed by atoms with van der Waals surface area (Å²) in [6, 6.07) is 7.69. The molecule has 6 nitrogen and oxygen atoms in total. The smallest absolute Gasteiger partial charge is 0.387 e. The molecule has 0 fully saturated rings. The summed E-state index contributed by atoms with van der Waals surface area (Å²) in [6.07, 6.45) is -9.77. The Labute approximate surface area is 200 Å². The number of alkyl halides is 6. The van der Waals surface area contributed by atoms with Crippen LogP contribution in [0, 0.1) is 6.92 Å². The molecular weight excluding hydrogens is 504 g/mol. The quantitative estimate of drug-likeness (QED) is 0.528. The first-order valence-corrected chi connectivity index (χ1v) is 10.4. The van der Waals surface area contributed by atoms with Crippen molar-refractivity contribution in [2.45, 2.75) is 31.8 Å². The Morgan fingerprint density at radius 2 is 1.80 bits per heavy atom. The highest BCUT2D eigenvalue weighted by Gasteiger charge is 2.33. The summed E-state index contributed by atoms with van der Waals surface area (Å²) in [5, 5.41) is 7.74. The van der Waals surface area contributed by atoms with Gasteiger partial charge < -0.3 is 15.5 Å². The van der Waals surface area contributed by atoms with Gasteiger partial charge in [-0.05, 0) is 53.9 Å². The second-order valence-corrected chi connectivity index (χ2v) is 8.15. The topological polar surface area (TPSA) is 79.8 Å². The average Bonchev–Trinajstić information content (AvgIpc) is 3.25. The van der Waals surface area contributed by atoms with Crippen LogP contribution in [-0.2, 0) is 15.8 Å². The Bertz CT molecular complexity index is 1160. The van der Waals surface area contributed by atoms with Gasteiger partial charge in [-0.3, -0.25) is 9.59 Å². The van der Waals surface area contributed by atoms with E-state index < -0.39 is 48.9 Å². The molecule has 0 unspecified atom stereocenters. The lowest BCUT2D eigenvalue weighted by Gasteiger charge is -2.13. The summed E-state index contributed by atoms with van der Waals surface area (Å²) in [7, 11) is 0. The molecule has 3 rings (SSSR count). The largest absolute Gasteiger partial charge is 0.416 e. The fourth-order valence-corrected chi connectivity index (χ4v) is 3.55. The van der Waals surface area contributed by atoms with Gasteiger partial charge in [0, 0.05) is 17.0 Å². The van der Waals surface area contributed by atoms with Crippen LogP contribution in [0.25, 0.3) is 0 Å². The van der Waals surface area contributed by atoms with E-state index in [1.54, 1.807) is 18.3 Å². The van der Waals surface area contributed by atoms with E-state index in [0.717, 1.165) is 12.1 Å². The lowest BCUT2D eigenvalue weighted by Crippen LogP contribution is -2.41. The molecule has 2 N–H and O–H groups in total. The molecular formula is C22H18ClF6N3O3. The van der Waals surface area contributed by atoms with Crippen LogP contribution < -0.4 is 10.6 Å². The number of nitrogens with one attached hydrogen (secondary N) is 2. The van der Waals surface area contributed by atoms with Crippen molar-refractivity contribution >= 4 is 29.1 Å². The van der Waals surface area contributed by atoms with Crippen molar-refractivity contribution in [1.29, 1.82) is 0 Å². The summed E-state index contributed by atoms with van der Waals surface area (Å²) < 4.78 is 75.6. The number of halogens is 7. The Kier molecular flexibility index (Phi) is 7.63. The Balaban J connectivity index is 1.64. The van der Waals surface area contributed by atoms with E-state index in [1.807, 2.05) is 0 Å². The summed E-state index contributed by atoms with van der Waals surface area (Å²) in [4.78, 5) is 29.1. The van der Waals surface area contributed by atoms with E-state index in [4.69, 9.17) is 16.4 Å². The number of nitrogens with zero attached hydrogens (tertiary/aromatic N) is 1. The van der Waals surface area contributed by atoms with Gasteiger partial charge in [0.1, 0.15) is 6.54 Å². The third-order valence-corrected chi connectivity index (χ3v) is 5.21. The normalized spacial score (nSPS) is 15.9. The highest BCUT2D eigenvalue weighted by Crippen LogP contribution is 2.37. The van der Waals surface area contributed by atoms with Crippen LogP contribution in [0.4, 0.5) is 26.3 Å². The SMILES string of the molecule is Cc1cc(C2=NO[C@H](c3cc(Cl)cc(C(F)(F)F)c3)C2)ccc1C(=O)NCC(=O)NCC(F)(F)F. The molecule has 2 aromatic rings. The molecule has 0 bridgehead atoms. The first kappa shape index (κ1) is 26.3. The van der Waals surface area contributed by atoms with Crippen LogP contribution in [-0.4, -0.2) is 36.8 Å². The molecule has 0 aromatic heterocycles. The van der Waals surface area contributed by atoms with E-state index >= 15 is 0 Å². The van der Waals surface area contributed by atoms with Gasteiger partial charge in [-0.1, -0.05) is 22.8 Å². The van der Waals surface area contributed by atoms with Gasteiger partial charge in [0.05, 0.1) is 17.8 Å². The van der Waals surface area contributed by atoms with Gasteiger partial charge >= 0.3 is 12.4 Å². The highest BCUT2D eigenvalue weighted by atomic mass is 35.5. The second-order valence-electron chi connectivity index (χ2n) is 7.71. The van der Waals surface area contributed by atoms with Gasteiger partial charge in [0.2, 0.25) is 5.91 Å². The number of carbonyl (C=O) groups is 2. The van der Waals surface area contributed by atoms with E-state index in [2.05, 4.69) is 10.5 Å². The van der Waals surface area contributed by atoms with E-state index in [1.165, 1.54) is 18.2 Å². The molecule has 0 saturated carbocycles. The highest BCUT2D eigenvalue weighted by molar-refractivity contribution is 6.30. The standard InChI is InChI=1S/C22H18ClF6N3O3/c1-11-4-12(2-3-16(11)20(34)30-9-19(33)31-10-21(24,25)26)17-8-18(35-32-17)13-5-14(22(27,28)29)7-15(23)6-13/h2-7,18H,8-10H2,1H3,(H,30,34)(H,31,33)/t18-/m0/s1. The molecule has 1 aliphatic heterocycles. The third-order valence-electron chi connectivity index (χ3n) is 4.99. The first-order chi connectivity index (χ1) is 16.2. The Morgan fingerprint density at radius 1 is 1.09 bits per heavy atom. The van der Waals surface area contributed by atoms with Gasteiger partial charge in [-0.15, -0.1) is 0 Å². The van der Waals surface area contributed by atoms with Crippen molar-refractivity contribution in [3.05, 3.63) is 69.2 Å². The van der Waals surface area contributed by atoms with Crippen LogP contribution in [0.5, 0.6) is 0 Å². The number of hydrogen-bond donors (Lipinski definition) is 2. The third kappa shape index (κ3) is 7.10. The Morgan fingerprint density at radius 3 is 2.43 bits per heavy atom. The lowest BCUT2D eigenvalue weighted by molar-refractivity contribution is -0.137. The summed E-state index contributed by atoms with van der Waals surface area (Å²) in [6.45, 7) is -0.548. The Hall–Kier alpha value is -3.28. The van der Waals surface area contributed by atoms with Crippen molar-refractivity contribution in [2.75, 3.05) is 13.1 Å². The van der Waals surface area contributed by atoms with Crippen molar-refractivity contribution < 1.29 is 40.8 Å². The minimum absolute atomic E-state index is 0.0924. The van der Waals surface area contributed by atoms with E-state index in [0.29, 0.717) is 16.8 Å². The van der Waals surface area contributed by atoms with Crippen molar-refractivity contribution in [3.8, 4) is 0 Å². The van der Waals surface area contributed by atoms with Crippen molar-refractivity contribution in [2.24, 2.45) is 5.16 Å². The number of hydrogen-bond acceptors (Lipinski definition) is 4. The fraction of sp³-hybridized carbons (Fsp3) is 0.318. The monoisotopic (exact) mass is 521 g/mol. The molecule has 188 valence electrons. The molecule has 1 atom stereocenters. The number of benzene rings is 2. The van der Waals surface area contributed by atoms with Gasteiger partial charge in [-0.2, -0.15) is 26.3 Å². The molecule has 2 aromatic carbocycles. The van der Waals surface area contributed by atoms with E-state index in [-0.39, 0.29) is 22.6 Å². The summed E-state index contributed by atoms with van der Waals surface area (Å²) in [5.74, 6) is -1.67. The summed E-state index contributed by atoms with van der Waals surface area (Å²) in [5.41, 5.74) is 0.949. The molecule has 0 aliphatic carbocycles. The molecule has 1 aliphatic rings. The maximum absolute atomic E-state index is 13.1. The molecule has 0 spiro atoms. The number of aryl methyl sites for hydroxylation is 1. The van der Waals surface area contributed by atoms with Crippen LogP contribution >= 0.6 is 11.6 Å². The zero-order chi connectivity index (χ0) is 26.0. The van der Waals surface area contributed by atoms with Crippen LogP contribution in [0.1, 0.15) is 45.1 Å². The van der Waals surface area contributed by atoms with Crippen LogP contribution in [0.15, 0.2) is 41.6 Å². The van der Waals surface area contributed by atoms with Gasteiger partial charge in [0.15, 0.2) is 6.10 Å². The average molecular weight is 522 g/mol. The predicted molar refractivity (Wildman–Crippen MR) is 114 cm³/mol. The first-order valence-electron chi connectivity index (χ1n) is 10.1. The molecule has 35 heavy (non-hydrogen) atoms. The van der Waals surface area contributed by atoms with E-state index in [9.17, 15) is 35.9 Å².